The number of hydrogen-bond acceptors (Lipinski definition) is 4. The fourth-order valence-corrected chi connectivity index (χ4v) is 1.70. The van der Waals surface area contributed by atoms with Gasteiger partial charge in [0.25, 0.3) is 0 Å². The average molecular weight is 332 g/mol. The summed E-state index contributed by atoms with van der Waals surface area (Å²) in [7, 11) is 1.84. The van der Waals surface area contributed by atoms with E-state index in [0.29, 0.717) is 5.41 Å². The van der Waals surface area contributed by atoms with E-state index in [1.54, 1.807) is 11.2 Å². The zero-order valence-corrected chi connectivity index (χ0v) is 17.6. The molecule has 4 nitrogen and oxygen atoms in total. The van der Waals surface area contributed by atoms with Crippen molar-refractivity contribution in [1.82, 2.24) is 16.0 Å². The van der Waals surface area contributed by atoms with Gasteiger partial charge in [-0.25, -0.2) is 0 Å². The number of aliphatic hydroxyl groups excluding tert-OH is 1. The highest BCUT2D eigenvalue weighted by Gasteiger charge is 2.13. The number of hydrogen-bond donors (Lipinski definition) is 3. The third-order valence-corrected chi connectivity index (χ3v) is 3.50. The molecule has 23 heavy (non-hydrogen) atoms. The molecule has 0 unspecified atom stereocenters. The van der Waals surface area contributed by atoms with Crippen LogP contribution in [0.25, 0.3) is 0 Å². The van der Waals surface area contributed by atoms with Gasteiger partial charge in [0, 0.05) is 13.2 Å². The highest BCUT2D eigenvalue weighted by atomic mass is 16.3. The molecule has 0 aromatic rings. The standard InChI is InChI=1S/C11H24.C4H9N3O.2C2H6/c1-6-11(4,5)9-7-8-10(2)3;1-7-2-4(3-8)5-6-7;2*1-2/h10H,6-9H2,1-5H3;2,5-6,8H,3H2,1H3;2*1-2H3. The molecule has 1 rings (SSSR count). The summed E-state index contributed by atoms with van der Waals surface area (Å²) in [6, 6.07) is 0. The minimum absolute atomic E-state index is 0.0529. The lowest BCUT2D eigenvalue weighted by atomic mass is 9.84. The molecule has 0 bridgehead atoms. The molecule has 0 radical (unpaired) electrons. The molecule has 0 amide bonds. The van der Waals surface area contributed by atoms with Gasteiger partial charge in [0.2, 0.25) is 0 Å². The lowest BCUT2D eigenvalue weighted by molar-refractivity contribution is 0.301. The Balaban J connectivity index is -0.000000292. The second-order valence-corrected chi connectivity index (χ2v) is 6.46. The van der Waals surface area contributed by atoms with Gasteiger partial charge >= 0.3 is 0 Å². The molecule has 1 aliphatic rings. The Morgan fingerprint density at radius 3 is 1.96 bits per heavy atom. The normalized spacial score (nSPS) is 12.9. The van der Waals surface area contributed by atoms with E-state index in [1.165, 1.54) is 25.7 Å². The van der Waals surface area contributed by atoms with Crippen LogP contribution in [0.4, 0.5) is 0 Å². The average Bonchev–Trinajstić information content (AvgIpc) is 2.97. The third kappa shape index (κ3) is 19.2. The van der Waals surface area contributed by atoms with Gasteiger partial charge in [-0.15, -0.1) is 5.53 Å². The quantitative estimate of drug-likeness (QED) is 0.635. The Labute approximate surface area is 146 Å². The lowest BCUT2D eigenvalue weighted by Crippen LogP contribution is -2.33. The lowest BCUT2D eigenvalue weighted by Gasteiger charge is -2.22. The van der Waals surface area contributed by atoms with Crippen LogP contribution in [0.5, 0.6) is 0 Å². The van der Waals surface area contributed by atoms with Crippen LogP contribution in [-0.2, 0) is 0 Å². The second kappa shape index (κ2) is 17.6. The fraction of sp³-hybridized carbons (Fsp3) is 0.895. The second-order valence-electron chi connectivity index (χ2n) is 6.46. The molecule has 1 aliphatic heterocycles. The summed E-state index contributed by atoms with van der Waals surface area (Å²) < 4.78 is 0. The highest BCUT2D eigenvalue weighted by Crippen LogP contribution is 2.27. The van der Waals surface area contributed by atoms with Gasteiger partial charge in [0.05, 0.1) is 12.3 Å². The molecule has 0 aromatic carbocycles. The van der Waals surface area contributed by atoms with Crippen LogP contribution in [0.15, 0.2) is 11.9 Å². The van der Waals surface area contributed by atoms with E-state index < -0.39 is 0 Å². The monoisotopic (exact) mass is 331 g/mol. The van der Waals surface area contributed by atoms with E-state index in [2.05, 4.69) is 45.6 Å². The van der Waals surface area contributed by atoms with Crippen LogP contribution in [0.3, 0.4) is 0 Å². The van der Waals surface area contributed by atoms with Gasteiger partial charge < -0.3 is 10.5 Å². The zero-order chi connectivity index (χ0) is 18.9. The molecular formula is C19H45N3O. The summed E-state index contributed by atoms with van der Waals surface area (Å²) in [5.41, 5.74) is 6.86. The molecular weight excluding hydrogens is 286 g/mol. The van der Waals surface area contributed by atoms with Crippen molar-refractivity contribution in [2.45, 2.75) is 88.0 Å². The van der Waals surface area contributed by atoms with Gasteiger partial charge in [-0.1, -0.05) is 81.6 Å². The van der Waals surface area contributed by atoms with Crippen molar-refractivity contribution in [2.24, 2.45) is 11.3 Å². The summed E-state index contributed by atoms with van der Waals surface area (Å²) in [4.78, 5) is 0. The molecule has 0 fully saturated rings. The maximum atomic E-state index is 8.49. The van der Waals surface area contributed by atoms with Gasteiger partial charge in [0.15, 0.2) is 0 Å². The molecule has 0 saturated carbocycles. The molecule has 0 aliphatic carbocycles. The van der Waals surface area contributed by atoms with Crippen molar-refractivity contribution in [3.8, 4) is 0 Å². The fourth-order valence-electron chi connectivity index (χ4n) is 1.70. The van der Waals surface area contributed by atoms with Crippen LogP contribution in [0.2, 0.25) is 0 Å². The number of nitrogens with one attached hydrogen (secondary N) is 2. The van der Waals surface area contributed by atoms with Crippen LogP contribution in [-0.4, -0.2) is 23.8 Å². The zero-order valence-electron chi connectivity index (χ0n) is 17.6. The van der Waals surface area contributed by atoms with Gasteiger partial charge in [0.1, 0.15) is 0 Å². The maximum absolute atomic E-state index is 8.49. The number of rotatable bonds is 6. The summed E-state index contributed by atoms with van der Waals surface area (Å²) >= 11 is 0. The van der Waals surface area contributed by atoms with Crippen molar-refractivity contribution in [2.75, 3.05) is 13.7 Å². The SMILES string of the molecule is CC.CC.CCC(C)(C)CCCC(C)C.CN1C=C(CO)NN1. The number of aliphatic hydroxyl groups is 1. The van der Waals surface area contributed by atoms with Crippen molar-refractivity contribution in [3.63, 3.8) is 0 Å². The summed E-state index contributed by atoms with van der Waals surface area (Å²) in [5.74, 6) is 0.877. The van der Waals surface area contributed by atoms with E-state index in [0.717, 1.165) is 11.6 Å². The van der Waals surface area contributed by atoms with Crippen molar-refractivity contribution < 1.29 is 5.11 Å². The Morgan fingerprint density at radius 2 is 1.70 bits per heavy atom. The van der Waals surface area contributed by atoms with Crippen LogP contribution < -0.4 is 11.0 Å². The first-order chi connectivity index (χ1) is 10.8. The van der Waals surface area contributed by atoms with E-state index in [1.807, 2.05) is 34.7 Å². The van der Waals surface area contributed by atoms with Crippen molar-refractivity contribution >= 4 is 0 Å². The summed E-state index contributed by atoms with van der Waals surface area (Å²) in [6.07, 6.45) is 7.27. The molecule has 142 valence electrons. The third-order valence-electron chi connectivity index (χ3n) is 3.50. The molecule has 0 atom stereocenters. The van der Waals surface area contributed by atoms with Crippen LogP contribution in [0, 0.1) is 11.3 Å². The van der Waals surface area contributed by atoms with Crippen LogP contribution in [0.1, 0.15) is 88.0 Å². The summed E-state index contributed by atoms with van der Waals surface area (Å²) in [6.45, 7) is 19.7. The van der Waals surface area contributed by atoms with E-state index in [9.17, 15) is 0 Å². The Kier molecular flexibility index (Phi) is 20.8. The number of nitrogens with zero attached hydrogens (tertiary/aromatic N) is 1. The van der Waals surface area contributed by atoms with Gasteiger partial charge in [-0.2, -0.15) is 0 Å². The predicted molar refractivity (Wildman–Crippen MR) is 105 cm³/mol. The number of hydrazine groups is 2. The van der Waals surface area contributed by atoms with Crippen molar-refractivity contribution in [3.05, 3.63) is 11.9 Å². The maximum Gasteiger partial charge on any atom is 0.0857 e. The first-order valence-electron chi connectivity index (χ1n) is 9.36. The Bertz CT molecular complexity index is 263. The Hall–Kier alpha value is -0.740. The molecule has 0 aromatic heterocycles. The smallest absolute Gasteiger partial charge is 0.0857 e. The largest absolute Gasteiger partial charge is 0.390 e. The first kappa shape index (κ1) is 27.1. The minimum atomic E-state index is 0.0529. The molecule has 3 N–H and O–H groups in total. The van der Waals surface area contributed by atoms with Crippen molar-refractivity contribution in [1.29, 1.82) is 0 Å². The molecule has 0 spiro atoms. The predicted octanol–water partition coefficient (Wildman–Crippen LogP) is 5.08. The highest BCUT2D eigenvalue weighted by molar-refractivity contribution is 5.00. The van der Waals surface area contributed by atoms with E-state index in [4.69, 9.17) is 5.11 Å². The van der Waals surface area contributed by atoms with E-state index >= 15 is 0 Å². The Morgan fingerprint density at radius 1 is 1.17 bits per heavy atom. The van der Waals surface area contributed by atoms with Crippen LogP contribution >= 0.6 is 0 Å². The van der Waals surface area contributed by atoms with E-state index in [-0.39, 0.29) is 6.61 Å². The minimum Gasteiger partial charge on any atom is -0.390 e. The molecule has 0 saturated heterocycles. The van der Waals surface area contributed by atoms with Gasteiger partial charge in [-0.05, 0) is 17.8 Å². The molecule has 4 heteroatoms. The first-order valence-corrected chi connectivity index (χ1v) is 9.36. The summed E-state index contributed by atoms with van der Waals surface area (Å²) in [5, 5.41) is 10.2. The molecule has 1 heterocycles. The van der Waals surface area contributed by atoms with Gasteiger partial charge in [-0.3, -0.25) is 5.01 Å². The topological polar surface area (TPSA) is 47.5 Å².